The highest BCUT2D eigenvalue weighted by Gasteiger charge is 2.63. The largest absolute Gasteiger partial charge is 0.510 e. The van der Waals surface area contributed by atoms with E-state index in [2.05, 4.69) is 0 Å². The van der Waals surface area contributed by atoms with Gasteiger partial charge in [0.05, 0.1) is 18.7 Å². The van der Waals surface area contributed by atoms with Gasteiger partial charge in [-0.15, -0.1) is 0 Å². The molecule has 0 aliphatic heterocycles. The van der Waals surface area contributed by atoms with Gasteiger partial charge >= 0.3 is 5.97 Å². The van der Waals surface area contributed by atoms with Crippen LogP contribution in [0.25, 0.3) is 0 Å². The van der Waals surface area contributed by atoms with Crippen LogP contribution in [0.1, 0.15) is 32.7 Å². The number of nitrogens with two attached hydrogens (primary N) is 1. The summed E-state index contributed by atoms with van der Waals surface area (Å²) in [4.78, 5) is 54.7. The minimum Gasteiger partial charge on any atom is -0.510 e. The fourth-order valence-corrected chi connectivity index (χ4v) is 5.96. The fourth-order valence-electron chi connectivity index (χ4n) is 5.96. The Bertz CT molecular complexity index is 1330. The number of likely N-dealkylation sites (N-methyl/N-ethyl adjacent to an activating group) is 1. The third-order valence-corrected chi connectivity index (χ3v) is 7.59. The van der Waals surface area contributed by atoms with Crippen molar-refractivity contribution in [2.45, 2.75) is 24.5 Å². The van der Waals surface area contributed by atoms with Crippen LogP contribution in [0.4, 0.5) is 5.69 Å². The van der Waals surface area contributed by atoms with E-state index in [0.29, 0.717) is 11.3 Å². The van der Waals surface area contributed by atoms with E-state index in [-0.39, 0.29) is 29.5 Å². The number of hydrogen-bond donors (Lipinski definition) is 5. The highest BCUT2D eigenvalue weighted by molar-refractivity contribution is 6.25. The third kappa shape index (κ3) is 3.43. The van der Waals surface area contributed by atoms with Crippen molar-refractivity contribution in [2.24, 2.45) is 17.6 Å². The molecule has 198 valence electrons. The molecule has 0 bridgehead atoms. The van der Waals surface area contributed by atoms with Crippen LogP contribution in [0.2, 0.25) is 0 Å². The number of fused-ring (bicyclic) bond motifs is 3. The maximum atomic E-state index is 13.8. The number of primary amides is 1. The number of ether oxygens (including phenoxy) is 1. The zero-order valence-corrected chi connectivity index (χ0v) is 21.0. The van der Waals surface area contributed by atoms with Gasteiger partial charge in [-0.3, -0.25) is 19.3 Å². The number of anilines is 1. The molecule has 0 aromatic heterocycles. The van der Waals surface area contributed by atoms with Gasteiger partial charge in [0, 0.05) is 31.3 Å². The van der Waals surface area contributed by atoms with Crippen LogP contribution in [-0.4, -0.2) is 95.7 Å². The molecule has 0 fully saturated rings. The number of amides is 1. The van der Waals surface area contributed by atoms with Crippen LogP contribution in [-0.2, 0) is 20.7 Å². The lowest BCUT2D eigenvalue weighted by atomic mass is 9.58. The molecule has 3 aliphatic rings. The normalized spacial score (nSPS) is 27.1. The van der Waals surface area contributed by atoms with E-state index in [1.807, 2.05) is 0 Å². The second kappa shape index (κ2) is 8.60. The first-order valence-electron chi connectivity index (χ1n) is 11.5. The van der Waals surface area contributed by atoms with Gasteiger partial charge in [-0.2, -0.15) is 0 Å². The molecule has 4 atom stereocenters. The van der Waals surface area contributed by atoms with E-state index in [9.17, 15) is 39.6 Å². The van der Waals surface area contributed by atoms with Gasteiger partial charge < -0.3 is 35.8 Å². The summed E-state index contributed by atoms with van der Waals surface area (Å²) in [7, 11) is 7.62. The average molecular weight is 516 g/mol. The first-order chi connectivity index (χ1) is 17.2. The molecule has 1 aromatic carbocycles. The molecule has 12 nitrogen and oxygen atoms in total. The topological polar surface area (TPSA) is 191 Å². The zero-order chi connectivity index (χ0) is 27.7. The van der Waals surface area contributed by atoms with Crippen molar-refractivity contribution in [1.82, 2.24) is 4.90 Å². The van der Waals surface area contributed by atoms with Crippen LogP contribution in [0, 0.1) is 11.8 Å². The van der Waals surface area contributed by atoms with Gasteiger partial charge in [-0.05, 0) is 44.5 Å². The van der Waals surface area contributed by atoms with Crippen molar-refractivity contribution in [1.29, 1.82) is 0 Å². The Labute approximate surface area is 212 Å². The van der Waals surface area contributed by atoms with E-state index in [0.717, 1.165) is 7.11 Å². The Morgan fingerprint density at radius 3 is 2.27 bits per heavy atom. The van der Waals surface area contributed by atoms with Crippen LogP contribution >= 0.6 is 0 Å². The van der Waals surface area contributed by atoms with Crippen molar-refractivity contribution in [3.63, 3.8) is 0 Å². The van der Waals surface area contributed by atoms with Crippen molar-refractivity contribution in [3.8, 4) is 5.75 Å². The summed E-state index contributed by atoms with van der Waals surface area (Å²) >= 11 is 0. The molecular weight excluding hydrogens is 486 g/mol. The predicted molar refractivity (Wildman–Crippen MR) is 129 cm³/mol. The summed E-state index contributed by atoms with van der Waals surface area (Å²) < 4.78 is 4.73. The quantitative estimate of drug-likeness (QED) is 0.267. The number of benzene rings is 1. The number of carbonyl (C=O) groups excluding carboxylic acids is 4. The Morgan fingerprint density at radius 2 is 1.76 bits per heavy atom. The number of aliphatic hydroxyl groups excluding tert-OH is 2. The number of esters is 1. The Hall–Kier alpha value is -3.90. The minimum absolute atomic E-state index is 0.0296. The third-order valence-electron chi connectivity index (χ3n) is 7.59. The van der Waals surface area contributed by atoms with E-state index >= 15 is 0 Å². The number of ketones is 2. The number of nitrogens with zero attached hydrogens (tertiary/aromatic N) is 2. The van der Waals surface area contributed by atoms with Crippen LogP contribution in [0.5, 0.6) is 5.75 Å². The summed E-state index contributed by atoms with van der Waals surface area (Å²) in [6.45, 7) is 0. The number of rotatable bonds is 4. The summed E-state index contributed by atoms with van der Waals surface area (Å²) in [6, 6.07) is 0.329. The number of allylic oxidation sites excluding steroid dienone is 1. The molecule has 6 N–H and O–H groups in total. The molecule has 1 amide bonds. The second-order valence-corrected chi connectivity index (χ2v) is 9.99. The number of methoxy groups -OCH3 is 1. The molecule has 0 saturated carbocycles. The smallest absolute Gasteiger partial charge is 0.341 e. The number of Topliss-reactive ketones (excluding diaryl/α,β-unsaturated/α-hetero) is 2. The molecule has 3 aliphatic carbocycles. The number of aliphatic hydroxyl groups is 3. The highest BCUT2D eigenvalue weighted by Crippen LogP contribution is 2.53. The molecule has 12 heteroatoms. The van der Waals surface area contributed by atoms with E-state index < -0.39 is 69.8 Å². The molecule has 0 unspecified atom stereocenters. The predicted octanol–water partition coefficient (Wildman–Crippen LogP) is -0.0268. The number of aromatic hydroxyl groups is 1. The Balaban J connectivity index is 2.01. The minimum atomic E-state index is -2.73. The first-order valence-corrected chi connectivity index (χ1v) is 11.5. The highest BCUT2D eigenvalue weighted by atomic mass is 16.5. The number of phenolic OH excluding ortho intramolecular Hbond substituents is 1. The van der Waals surface area contributed by atoms with Gasteiger partial charge in [-0.1, -0.05) is 0 Å². The molecule has 0 radical (unpaired) electrons. The lowest BCUT2D eigenvalue weighted by Crippen LogP contribution is -2.63. The van der Waals surface area contributed by atoms with Crippen molar-refractivity contribution in [2.75, 3.05) is 40.2 Å². The van der Waals surface area contributed by atoms with Gasteiger partial charge in [-0.25, -0.2) is 4.79 Å². The Morgan fingerprint density at radius 1 is 1.14 bits per heavy atom. The maximum Gasteiger partial charge on any atom is 0.341 e. The van der Waals surface area contributed by atoms with Crippen molar-refractivity contribution >= 4 is 29.1 Å². The molecule has 0 spiro atoms. The van der Waals surface area contributed by atoms with Gasteiger partial charge in [0.15, 0.2) is 11.4 Å². The van der Waals surface area contributed by atoms with Gasteiger partial charge in [0.2, 0.25) is 5.78 Å². The molecule has 0 saturated heterocycles. The van der Waals surface area contributed by atoms with Crippen LogP contribution in [0.15, 0.2) is 28.7 Å². The fraction of sp³-hybridized carbons (Fsp3) is 0.440. The summed E-state index contributed by atoms with van der Waals surface area (Å²) in [5.41, 5.74) is 1.76. The number of phenols is 1. The van der Waals surface area contributed by atoms with E-state index in [1.54, 1.807) is 33.1 Å². The Kier molecular flexibility index (Phi) is 6.08. The summed E-state index contributed by atoms with van der Waals surface area (Å²) in [5, 5.41) is 44.7. The molecule has 1 aromatic rings. The van der Waals surface area contributed by atoms with E-state index in [1.165, 1.54) is 11.0 Å². The van der Waals surface area contributed by atoms with Crippen molar-refractivity contribution < 1.29 is 44.3 Å². The monoisotopic (exact) mass is 515 g/mol. The van der Waals surface area contributed by atoms with Crippen LogP contribution in [0.3, 0.4) is 0 Å². The zero-order valence-electron chi connectivity index (χ0n) is 21.0. The summed E-state index contributed by atoms with van der Waals surface area (Å²) in [6.07, 6.45) is 0.0786. The molecule has 37 heavy (non-hydrogen) atoms. The number of carbonyl (C=O) groups is 4. The van der Waals surface area contributed by atoms with E-state index in [4.69, 9.17) is 10.5 Å². The lowest BCUT2D eigenvalue weighted by molar-refractivity contribution is -0.148. The molecule has 4 rings (SSSR count). The molecular formula is C25H29N3O9. The maximum absolute atomic E-state index is 13.8. The average Bonchev–Trinajstić information content (AvgIpc) is 2.80. The molecule has 0 heterocycles. The number of hydrogen-bond acceptors (Lipinski definition) is 11. The SMILES string of the molecule is COC(=O)c1cc(N(C)C)c2c(c1O)C(=O)C1=C(O)[C@@]3(O)C(=O)C(C(N)=O)=C(O)[C@H](N(C)C)[C@H]3C[C@H]1C2. The first kappa shape index (κ1) is 26.2. The second-order valence-electron chi connectivity index (χ2n) is 9.99. The lowest BCUT2D eigenvalue weighted by Gasteiger charge is -2.50. The van der Waals surface area contributed by atoms with Crippen molar-refractivity contribution in [3.05, 3.63) is 45.4 Å². The van der Waals surface area contributed by atoms with Gasteiger partial charge in [0.1, 0.15) is 28.4 Å². The van der Waals surface area contributed by atoms with Gasteiger partial charge in [0.25, 0.3) is 5.91 Å². The summed E-state index contributed by atoms with van der Waals surface area (Å²) in [5.74, 6) is -8.47. The van der Waals surface area contributed by atoms with Crippen LogP contribution < -0.4 is 10.6 Å². The standard InChI is InChI=1S/C25H29N3O9/c1-27(2)13-8-11(24(35)37-5)18(29)15-10(13)6-9-7-12-17(28(3)4)20(31)16(23(26)34)22(33)25(12,36)21(32)14(9)19(15)30/h8-9,12,17,29,31-32,36H,6-7H2,1-5H3,(H2,26,34)/t9-,12-,17-,25-/m1/s1.